The van der Waals surface area contributed by atoms with Gasteiger partial charge in [-0.15, -0.1) is 0 Å². The Hall–Kier alpha value is -3.52. The van der Waals surface area contributed by atoms with Crippen LogP contribution < -0.4 is 20.1 Å². The van der Waals surface area contributed by atoms with E-state index in [-0.39, 0.29) is 5.91 Å². The van der Waals surface area contributed by atoms with Gasteiger partial charge in [0.1, 0.15) is 25.1 Å². The van der Waals surface area contributed by atoms with Crippen LogP contribution in [0.1, 0.15) is 29.9 Å². The second-order valence-electron chi connectivity index (χ2n) is 7.81. The molecule has 1 unspecified atom stereocenters. The molecule has 5 rings (SSSR count). The zero-order valence-corrected chi connectivity index (χ0v) is 18.7. The average Bonchev–Trinajstić information content (AvgIpc) is 3.14. The number of allylic oxidation sites excluding steroid dienone is 1. The normalized spacial score (nSPS) is 16.9. The molecule has 1 atom stereocenters. The number of fused-ring (bicyclic) bond motifs is 2. The van der Waals surface area contributed by atoms with Crippen LogP contribution in [0.4, 0.5) is 11.6 Å². The molecule has 0 saturated carbocycles. The van der Waals surface area contributed by atoms with Gasteiger partial charge in [0.2, 0.25) is 5.95 Å². The molecule has 1 aromatic heterocycles. The molecule has 3 aromatic rings. The van der Waals surface area contributed by atoms with Crippen LogP contribution in [0.15, 0.2) is 47.7 Å². The monoisotopic (exact) mass is 451 g/mol. The number of aryl methyl sites for hydroxylation is 2. The topological polar surface area (TPSA) is 90.3 Å². The third kappa shape index (κ3) is 3.56. The number of ether oxygens (including phenoxy) is 2. The molecule has 3 heterocycles. The summed E-state index contributed by atoms with van der Waals surface area (Å²) < 4.78 is 13.2. The van der Waals surface area contributed by atoms with E-state index in [1.54, 1.807) is 10.7 Å². The first kappa shape index (κ1) is 20.4. The lowest BCUT2D eigenvalue weighted by atomic mass is 9.94. The van der Waals surface area contributed by atoms with E-state index >= 15 is 0 Å². The van der Waals surface area contributed by atoms with Crippen LogP contribution in [-0.2, 0) is 4.79 Å². The molecule has 0 radical (unpaired) electrons. The van der Waals surface area contributed by atoms with Crippen LogP contribution in [-0.4, -0.2) is 33.9 Å². The van der Waals surface area contributed by atoms with Gasteiger partial charge in [0.05, 0.1) is 5.57 Å². The first-order valence-corrected chi connectivity index (χ1v) is 10.7. The molecule has 0 fully saturated rings. The number of carbonyl (C=O) groups is 1. The number of halogens is 1. The number of amides is 1. The molecular formula is C23H22ClN5O3. The molecule has 2 aromatic carbocycles. The number of nitrogens with zero attached hydrogens (tertiary/aromatic N) is 3. The van der Waals surface area contributed by atoms with Crippen LogP contribution in [0.2, 0.25) is 5.02 Å². The van der Waals surface area contributed by atoms with Gasteiger partial charge in [-0.2, -0.15) is 10.1 Å². The van der Waals surface area contributed by atoms with Crippen molar-refractivity contribution in [1.82, 2.24) is 14.8 Å². The summed E-state index contributed by atoms with van der Waals surface area (Å²) in [5, 5.41) is 11.3. The molecule has 0 aliphatic carbocycles. The predicted octanol–water partition coefficient (Wildman–Crippen LogP) is 4.25. The number of hydrogen-bond donors (Lipinski definition) is 2. The van der Waals surface area contributed by atoms with Crippen LogP contribution in [0, 0.1) is 13.8 Å². The molecule has 2 N–H and O–H groups in total. The van der Waals surface area contributed by atoms with Crippen molar-refractivity contribution in [3.05, 3.63) is 69.6 Å². The lowest BCUT2D eigenvalue weighted by Gasteiger charge is -2.29. The fourth-order valence-electron chi connectivity index (χ4n) is 3.96. The van der Waals surface area contributed by atoms with Crippen molar-refractivity contribution in [3.8, 4) is 11.5 Å². The number of nitrogens with one attached hydrogen (secondary N) is 2. The van der Waals surface area contributed by atoms with Gasteiger partial charge in [-0.25, -0.2) is 4.68 Å². The average molecular weight is 452 g/mol. The van der Waals surface area contributed by atoms with Gasteiger partial charge >= 0.3 is 0 Å². The lowest BCUT2D eigenvalue weighted by molar-refractivity contribution is -0.113. The number of benzene rings is 2. The summed E-state index contributed by atoms with van der Waals surface area (Å²) in [6.07, 6.45) is 0. The molecule has 1 amide bonds. The maximum absolute atomic E-state index is 13.5. The summed E-state index contributed by atoms with van der Waals surface area (Å²) in [5.41, 5.74) is 3.62. The molecular weight excluding hydrogens is 430 g/mol. The Balaban J connectivity index is 1.57. The van der Waals surface area contributed by atoms with Gasteiger partial charge in [0.15, 0.2) is 11.5 Å². The fraction of sp³-hybridized carbons (Fsp3) is 0.261. The van der Waals surface area contributed by atoms with E-state index in [1.165, 1.54) is 0 Å². The van der Waals surface area contributed by atoms with E-state index in [9.17, 15) is 4.79 Å². The maximum atomic E-state index is 13.5. The maximum Gasteiger partial charge on any atom is 0.255 e. The van der Waals surface area contributed by atoms with Gasteiger partial charge in [-0.1, -0.05) is 23.7 Å². The highest BCUT2D eigenvalue weighted by Gasteiger charge is 2.34. The van der Waals surface area contributed by atoms with E-state index in [4.69, 9.17) is 21.1 Å². The highest BCUT2D eigenvalue weighted by molar-refractivity contribution is 6.31. The summed E-state index contributed by atoms with van der Waals surface area (Å²) in [6.45, 7) is 6.58. The van der Waals surface area contributed by atoms with Crippen LogP contribution in [0.5, 0.6) is 11.5 Å². The highest BCUT2D eigenvalue weighted by atomic mass is 35.5. The van der Waals surface area contributed by atoms with Crippen LogP contribution in [0.25, 0.3) is 0 Å². The quantitative estimate of drug-likeness (QED) is 0.618. The molecule has 0 saturated heterocycles. The fourth-order valence-corrected chi connectivity index (χ4v) is 4.14. The van der Waals surface area contributed by atoms with Crippen molar-refractivity contribution in [2.24, 2.45) is 0 Å². The zero-order valence-electron chi connectivity index (χ0n) is 17.9. The minimum Gasteiger partial charge on any atom is -0.486 e. The number of carbonyl (C=O) groups excluding carboxylic acids is 1. The summed E-state index contributed by atoms with van der Waals surface area (Å²) in [7, 11) is 0. The standard InChI is InChI=1S/C23H22ClN5O3/c1-12-4-6-16(11-17(12)24)27-22(30)20-13(2)25-23-26-14(3)28-29(23)21(20)15-5-7-18-19(10-15)32-9-8-31-18/h4-7,10-11,21H,8-9H2,1-3H3,(H,27,30)(H,25,26,28). The molecule has 0 spiro atoms. The van der Waals surface area contributed by atoms with E-state index in [0.717, 1.165) is 11.1 Å². The van der Waals surface area contributed by atoms with Crippen molar-refractivity contribution in [2.75, 3.05) is 23.8 Å². The third-order valence-electron chi connectivity index (χ3n) is 5.51. The van der Waals surface area contributed by atoms with Gasteiger partial charge < -0.3 is 20.1 Å². The Labute approximate surface area is 190 Å². The Morgan fingerprint density at radius 3 is 2.69 bits per heavy atom. The second kappa shape index (κ2) is 7.87. The van der Waals surface area contributed by atoms with E-state index in [0.29, 0.717) is 58.5 Å². The second-order valence-corrected chi connectivity index (χ2v) is 8.22. The molecule has 32 heavy (non-hydrogen) atoms. The first-order valence-electron chi connectivity index (χ1n) is 10.3. The molecule has 2 aliphatic rings. The van der Waals surface area contributed by atoms with Crippen molar-refractivity contribution < 1.29 is 14.3 Å². The Morgan fingerprint density at radius 2 is 1.91 bits per heavy atom. The minimum atomic E-state index is -0.496. The van der Waals surface area contributed by atoms with Gasteiger partial charge in [-0.3, -0.25) is 4.79 Å². The SMILES string of the molecule is CC1=C(C(=O)Nc2ccc(C)c(Cl)c2)C(c2ccc3c(c2)OCCO3)n2nc(C)nc2N1. The number of aromatic nitrogens is 3. The molecule has 9 heteroatoms. The summed E-state index contributed by atoms with van der Waals surface area (Å²) in [6, 6.07) is 10.6. The van der Waals surface area contributed by atoms with Crippen LogP contribution in [0.3, 0.4) is 0 Å². The van der Waals surface area contributed by atoms with Crippen molar-refractivity contribution in [2.45, 2.75) is 26.8 Å². The van der Waals surface area contributed by atoms with Gasteiger partial charge in [0, 0.05) is 16.4 Å². The molecule has 8 nitrogen and oxygen atoms in total. The highest BCUT2D eigenvalue weighted by Crippen LogP contribution is 2.40. The smallest absolute Gasteiger partial charge is 0.255 e. The van der Waals surface area contributed by atoms with Crippen molar-refractivity contribution in [3.63, 3.8) is 0 Å². The zero-order chi connectivity index (χ0) is 22.4. The summed E-state index contributed by atoms with van der Waals surface area (Å²) in [4.78, 5) is 18.0. The number of hydrogen-bond acceptors (Lipinski definition) is 6. The molecule has 0 bridgehead atoms. The Kier molecular flexibility index (Phi) is 5.01. The van der Waals surface area contributed by atoms with Gasteiger partial charge in [-0.05, 0) is 56.2 Å². The first-order chi connectivity index (χ1) is 15.4. The largest absolute Gasteiger partial charge is 0.486 e. The minimum absolute atomic E-state index is 0.256. The molecule has 164 valence electrons. The van der Waals surface area contributed by atoms with E-state index in [2.05, 4.69) is 20.7 Å². The third-order valence-corrected chi connectivity index (χ3v) is 5.92. The van der Waals surface area contributed by atoms with Crippen molar-refractivity contribution in [1.29, 1.82) is 0 Å². The van der Waals surface area contributed by atoms with Gasteiger partial charge in [0.25, 0.3) is 5.91 Å². The van der Waals surface area contributed by atoms with Crippen LogP contribution >= 0.6 is 11.6 Å². The lowest BCUT2D eigenvalue weighted by Crippen LogP contribution is -2.31. The summed E-state index contributed by atoms with van der Waals surface area (Å²) in [5.74, 6) is 2.26. The Bertz CT molecular complexity index is 1270. The Morgan fingerprint density at radius 1 is 1.12 bits per heavy atom. The van der Waals surface area contributed by atoms with E-state index in [1.807, 2.05) is 51.1 Å². The van der Waals surface area contributed by atoms with Crippen molar-refractivity contribution >= 4 is 29.1 Å². The predicted molar refractivity (Wildman–Crippen MR) is 121 cm³/mol. The summed E-state index contributed by atoms with van der Waals surface area (Å²) >= 11 is 6.25. The van der Waals surface area contributed by atoms with E-state index < -0.39 is 6.04 Å². The number of anilines is 2. The molecule has 2 aliphatic heterocycles. The number of rotatable bonds is 3.